The molecule has 0 spiro atoms. The molecule has 1 unspecified atom stereocenters. The molecule has 2 rings (SSSR count). The van der Waals surface area contributed by atoms with E-state index in [0.29, 0.717) is 18.2 Å². The number of nitrogens with one attached hydrogen (secondary N) is 1. The van der Waals surface area contributed by atoms with Gasteiger partial charge in [0.1, 0.15) is 11.1 Å². The fourth-order valence-electron chi connectivity index (χ4n) is 1.18. The maximum absolute atomic E-state index is 10.5. The van der Waals surface area contributed by atoms with Crippen LogP contribution in [0.25, 0.3) is 0 Å². The van der Waals surface area contributed by atoms with E-state index in [1.54, 1.807) is 0 Å². The molecule has 0 aromatic carbocycles. The third-order valence-corrected chi connectivity index (χ3v) is 2.83. The van der Waals surface area contributed by atoms with Crippen molar-refractivity contribution in [3.8, 4) is 0 Å². The Morgan fingerprint density at radius 3 is 3.07 bits per heavy atom. The second kappa shape index (κ2) is 3.99. The molecule has 0 radical (unpaired) electrons. The van der Waals surface area contributed by atoms with Gasteiger partial charge in [0.15, 0.2) is 0 Å². The molecule has 1 aliphatic rings. The molecule has 0 aliphatic carbocycles. The van der Waals surface area contributed by atoms with Gasteiger partial charge >= 0.3 is 5.97 Å². The largest absolute Gasteiger partial charge is 0.476 e. The maximum Gasteiger partial charge on any atom is 0.367 e. The molecule has 2 N–H and O–H groups in total. The number of hydrogen-bond donors (Lipinski definition) is 2. The molecular weight excluding hydrogens is 206 g/mol. The van der Waals surface area contributed by atoms with Crippen LogP contribution in [0.3, 0.4) is 0 Å². The van der Waals surface area contributed by atoms with Gasteiger partial charge in [-0.3, -0.25) is 0 Å². The van der Waals surface area contributed by atoms with Crippen LogP contribution in [0.1, 0.15) is 20.9 Å². The predicted molar refractivity (Wildman–Crippen MR) is 48.4 cm³/mol. The van der Waals surface area contributed by atoms with Gasteiger partial charge in [-0.25, -0.2) is 4.79 Å². The van der Waals surface area contributed by atoms with Crippen LogP contribution in [0.5, 0.6) is 0 Å². The summed E-state index contributed by atoms with van der Waals surface area (Å²) in [5.74, 6) is -1.04. The first kappa shape index (κ1) is 9.50. The maximum atomic E-state index is 10.5. The predicted octanol–water partition coefficient (Wildman–Crippen LogP) is -0.103. The summed E-state index contributed by atoms with van der Waals surface area (Å²) in [6.45, 7) is 2.10. The van der Waals surface area contributed by atoms with E-state index >= 15 is 0 Å². The van der Waals surface area contributed by atoms with Gasteiger partial charge in [0, 0.05) is 13.1 Å². The minimum Gasteiger partial charge on any atom is -0.476 e. The number of rotatable bonds is 2. The van der Waals surface area contributed by atoms with Crippen LogP contribution < -0.4 is 5.32 Å². The van der Waals surface area contributed by atoms with E-state index in [4.69, 9.17) is 9.84 Å². The lowest BCUT2D eigenvalue weighted by atomic mass is 10.3. The van der Waals surface area contributed by atoms with Crippen LogP contribution in [0, 0.1) is 0 Å². The smallest absolute Gasteiger partial charge is 0.367 e. The molecule has 1 aromatic heterocycles. The summed E-state index contributed by atoms with van der Waals surface area (Å²) < 4.78 is 5.41. The number of carboxylic acid groups (broad SMARTS) is 1. The van der Waals surface area contributed by atoms with Gasteiger partial charge in [0.05, 0.1) is 6.61 Å². The van der Waals surface area contributed by atoms with Crippen LogP contribution >= 0.6 is 11.3 Å². The van der Waals surface area contributed by atoms with E-state index in [1.165, 1.54) is 0 Å². The summed E-state index contributed by atoms with van der Waals surface area (Å²) >= 11 is 1.06. The summed E-state index contributed by atoms with van der Waals surface area (Å²) in [5.41, 5.74) is 0. The first-order valence-corrected chi connectivity index (χ1v) is 4.98. The van der Waals surface area contributed by atoms with Crippen molar-refractivity contribution in [3.05, 3.63) is 10.0 Å². The van der Waals surface area contributed by atoms with Gasteiger partial charge in [0.2, 0.25) is 5.01 Å². The van der Waals surface area contributed by atoms with E-state index in [2.05, 4.69) is 15.5 Å². The molecule has 1 aromatic rings. The van der Waals surface area contributed by atoms with Crippen LogP contribution in [0.15, 0.2) is 0 Å². The molecule has 7 heteroatoms. The minimum atomic E-state index is -1.04. The van der Waals surface area contributed by atoms with Crippen molar-refractivity contribution in [2.45, 2.75) is 6.10 Å². The van der Waals surface area contributed by atoms with Crippen LogP contribution in [-0.4, -0.2) is 41.0 Å². The number of aromatic nitrogens is 2. The lowest BCUT2D eigenvalue weighted by Gasteiger charge is -2.20. The molecule has 14 heavy (non-hydrogen) atoms. The van der Waals surface area contributed by atoms with Gasteiger partial charge < -0.3 is 15.2 Å². The van der Waals surface area contributed by atoms with Crippen molar-refractivity contribution >= 4 is 17.3 Å². The first-order valence-electron chi connectivity index (χ1n) is 4.16. The van der Waals surface area contributed by atoms with Gasteiger partial charge in [-0.1, -0.05) is 11.3 Å². The Bertz CT molecular complexity index is 335. The normalized spacial score (nSPS) is 22.1. The molecule has 76 valence electrons. The fourth-order valence-corrected chi connectivity index (χ4v) is 1.91. The van der Waals surface area contributed by atoms with Crippen molar-refractivity contribution in [1.82, 2.24) is 15.5 Å². The topological polar surface area (TPSA) is 84.3 Å². The van der Waals surface area contributed by atoms with Gasteiger partial charge in [0.25, 0.3) is 0 Å². The number of nitrogens with zero attached hydrogens (tertiary/aromatic N) is 2. The number of morpholine rings is 1. The van der Waals surface area contributed by atoms with Crippen molar-refractivity contribution < 1.29 is 14.6 Å². The summed E-state index contributed by atoms with van der Waals surface area (Å²) in [5, 5.41) is 19.8. The third-order valence-electron chi connectivity index (χ3n) is 1.83. The zero-order valence-electron chi connectivity index (χ0n) is 7.27. The molecule has 6 nitrogen and oxygen atoms in total. The van der Waals surface area contributed by atoms with E-state index in [-0.39, 0.29) is 11.1 Å². The number of hydrogen-bond acceptors (Lipinski definition) is 6. The Morgan fingerprint density at radius 2 is 2.50 bits per heavy atom. The van der Waals surface area contributed by atoms with E-state index in [1.807, 2.05) is 0 Å². The van der Waals surface area contributed by atoms with Crippen molar-refractivity contribution in [3.63, 3.8) is 0 Å². The standard InChI is InChI=1S/C7H9N3O3S/c11-7(12)6-10-9-5(14-6)4-3-8-1-2-13-4/h4,8H,1-3H2,(H,11,12). The highest BCUT2D eigenvalue weighted by atomic mass is 32.1. The highest BCUT2D eigenvalue weighted by molar-refractivity contribution is 7.13. The van der Waals surface area contributed by atoms with Crippen molar-refractivity contribution in [1.29, 1.82) is 0 Å². The molecule has 1 aliphatic heterocycles. The van der Waals surface area contributed by atoms with Gasteiger partial charge in [-0.2, -0.15) is 0 Å². The Kier molecular flexibility index (Phi) is 2.71. The van der Waals surface area contributed by atoms with Crippen molar-refractivity contribution in [2.24, 2.45) is 0 Å². The molecular formula is C7H9N3O3S. The number of carbonyl (C=O) groups is 1. The van der Waals surface area contributed by atoms with Gasteiger partial charge in [-0.05, 0) is 0 Å². The van der Waals surface area contributed by atoms with E-state index < -0.39 is 5.97 Å². The molecule has 1 saturated heterocycles. The lowest BCUT2D eigenvalue weighted by Crippen LogP contribution is -2.33. The zero-order valence-corrected chi connectivity index (χ0v) is 8.08. The average Bonchev–Trinajstić information content (AvgIpc) is 2.68. The first-order chi connectivity index (χ1) is 6.77. The highest BCUT2D eigenvalue weighted by Gasteiger charge is 2.21. The third kappa shape index (κ3) is 1.89. The van der Waals surface area contributed by atoms with E-state index in [0.717, 1.165) is 17.9 Å². The SMILES string of the molecule is O=C(O)c1nnc(C2CNCCO2)s1. The fraction of sp³-hybridized carbons (Fsp3) is 0.571. The van der Waals surface area contributed by atoms with Crippen molar-refractivity contribution in [2.75, 3.05) is 19.7 Å². The summed E-state index contributed by atoms with van der Waals surface area (Å²) in [6.07, 6.45) is -0.158. The Morgan fingerprint density at radius 1 is 1.64 bits per heavy atom. The highest BCUT2D eigenvalue weighted by Crippen LogP contribution is 2.22. The Labute approximate surface area is 83.9 Å². The molecule has 2 heterocycles. The monoisotopic (exact) mass is 215 g/mol. The quantitative estimate of drug-likeness (QED) is 0.716. The zero-order chi connectivity index (χ0) is 9.97. The summed E-state index contributed by atoms with van der Waals surface area (Å²) in [4.78, 5) is 10.5. The van der Waals surface area contributed by atoms with Gasteiger partial charge in [-0.15, -0.1) is 10.2 Å². The number of ether oxygens (including phenoxy) is 1. The lowest BCUT2D eigenvalue weighted by molar-refractivity contribution is 0.0271. The molecule has 0 saturated carbocycles. The van der Waals surface area contributed by atoms with Crippen LogP contribution in [-0.2, 0) is 4.74 Å². The number of aromatic carboxylic acids is 1. The summed E-state index contributed by atoms with van der Waals surface area (Å²) in [6, 6.07) is 0. The summed E-state index contributed by atoms with van der Waals surface area (Å²) in [7, 11) is 0. The molecule has 0 amide bonds. The second-order valence-corrected chi connectivity index (χ2v) is 3.82. The van der Waals surface area contributed by atoms with E-state index in [9.17, 15) is 4.79 Å². The molecule has 0 bridgehead atoms. The average molecular weight is 215 g/mol. The Hall–Kier alpha value is -1.05. The van der Waals surface area contributed by atoms with Crippen LogP contribution in [0.2, 0.25) is 0 Å². The number of carboxylic acids is 1. The molecule has 1 fully saturated rings. The molecule has 1 atom stereocenters. The van der Waals surface area contributed by atoms with Crippen LogP contribution in [0.4, 0.5) is 0 Å². The second-order valence-electron chi connectivity index (χ2n) is 2.81. The Balaban J connectivity index is 2.11. The minimum absolute atomic E-state index is 0.00849.